The molecule has 1 saturated heterocycles. The summed E-state index contributed by atoms with van der Waals surface area (Å²) >= 11 is 0. The molecule has 3 nitrogen and oxygen atoms in total. The van der Waals surface area contributed by atoms with E-state index in [1.807, 2.05) is 13.0 Å². The summed E-state index contributed by atoms with van der Waals surface area (Å²) in [5.41, 5.74) is 1.48. The third-order valence-corrected chi connectivity index (χ3v) is 4.03. The van der Waals surface area contributed by atoms with Crippen molar-refractivity contribution in [3.05, 3.63) is 29.6 Å². The molecule has 1 aliphatic heterocycles. The van der Waals surface area contributed by atoms with Gasteiger partial charge in [-0.2, -0.15) is 0 Å². The normalized spacial score (nSPS) is 18.9. The molecular weight excluding hydrogens is 267 g/mol. The Labute approximate surface area is 127 Å². The number of benzene rings is 1. The van der Waals surface area contributed by atoms with Gasteiger partial charge in [-0.05, 0) is 64.3 Å². The summed E-state index contributed by atoms with van der Waals surface area (Å²) in [7, 11) is 0. The highest BCUT2D eigenvalue weighted by molar-refractivity contribution is 5.54. The first-order valence-electron chi connectivity index (χ1n) is 7.67. The van der Waals surface area contributed by atoms with Crippen molar-refractivity contribution in [1.29, 1.82) is 0 Å². The Morgan fingerprint density at radius 1 is 1.29 bits per heavy atom. The molecule has 0 saturated carbocycles. The Balaban J connectivity index is 2.15. The molecule has 2 rings (SSSR count). The van der Waals surface area contributed by atoms with Gasteiger partial charge in [0.05, 0.1) is 5.60 Å². The van der Waals surface area contributed by atoms with Crippen LogP contribution < -0.4 is 10.2 Å². The summed E-state index contributed by atoms with van der Waals surface area (Å²) in [5.74, 6) is -0.200. The average molecular weight is 294 g/mol. The minimum atomic E-state index is -0.569. The number of rotatable bonds is 3. The van der Waals surface area contributed by atoms with E-state index in [0.717, 1.165) is 37.2 Å². The Morgan fingerprint density at radius 3 is 2.48 bits per heavy atom. The van der Waals surface area contributed by atoms with Gasteiger partial charge in [0.1, 0.15) is 5.82 Å². The summed E-state index contributed by atoms with van der Waals surface area (Å²) in [6.07, 6.45) is 1.49. The van der Waals surface area contributed by atoms with E-state index in [1.165, 1.54) is 6.07 Å². The fourth-order valence-electron chi connectivity index (χ4n) is 2.59. The minimum Gasteiger partial charge on any atom is -0.390 e. The topological polar surface area (TPSA) is 35.5 Å². The fourth-order valence-corrected chi connectivity index (χ4v) is 2.59. The SMILES string of the molecule is CC1(O)CCN(c2ccc(F)cc2CNC(C)(C)C)CC1. The number of anilines is 1. The molecule has 2 N–H and O–H groups in total. The second kappa shape index (κ2) is 5.93. The van der Waals surface area contributed by atoms with Gasteiger partial charge in [-0.3, -0.25) is 0 Å². The van der Waals surface area contributed by atoms with Crippen molar-refractivity contribution < 1.29 is 9.50 Å². The third-order valence-electron chi connectivity index (χ3n) is 4.03. The molecule has 0 aromatic heterocycles. The lowest BCUT2D eigenvalue weighted by Crippen LogP contribution is -2.43. The number of hydrogen-bond donors (Lipinski definition) is 2. The maximum atomic E-state index is 13.6. The summed E-state index contributed by atoms with van der Waals surface area (Å²) in [5, 5.41) is 13.5. The van der Waals surface area contributed by atoms with Crippen molar-refractivity contribution >= 4 is 5.69 Å². The molecule has 118 valence electrons. The van der Waals surface area contributed by atoms with Crippen LogP contribution in [0.3, 0.4) is 0 Å². The number of piperidine rings is 1. The molecule has 4 heteroatoms. The molecule has 0 atom stereocenters. The van der Waals surface area contributed by atoms with Crippen LogP contribution in [0.5, 0.6) is 0 Å². The second-order valence-corrected chi connectivity index (χ2v) is 7.36. The van der Waals surface area contributed by atoms with Gasteiger partial charge in [-0.15, -0.1) is 0 Å². The molecule has 21 heavy (non-hydrogen) atoms. The van der Waals surface area contributed by atoms with Crippen molar-refractivity contribution in [2.75, 3.05) is 18.0 Å². The quantitative estimate of drug-likeness (QED) is 0.899. The predicted octanol–water partition coefficient (Wildman–Crippen LogP) is 3.07. The highest BCUT2D eigenvalue weighted by Crippen LogP contribution is 2.29. The second-order valence-electron chi connectivity index (χ2n) is 7.36. The van der Waals surface area contributed by atoms with Gasteiger partial charge < -0.3 is 15.3 Å². The molecular formula is C17H27FN2O. The number of aliphatic hydroxyl groups is 1. The van der Waals surface area contributed by atoms with E-state index in [1.54, 1.807) is 6.07 Å². The third kappa shape index (κ3) is 4.68. The van der Waals surface area contributed by atoms with E-state index < -0.39 is 5.60 Å². The average Bonchev–Trinajstić information content (AvgIpc) is 2.36. The first-order chi connectivity index (χ1) is 9.66. The van der Waals surface area contributed by atoms with Crippen molar-refractivity contribution in [3.8, 4) is 0 Å². The molecule has 1 heterocycles. The lowest BCUT2D eigenvalue weighted by Gasteiger charge is -2.38. The first kappa shape index (κ1) is 16.2. The maximum Gasteiger partial charge on any atom is 0.123 e. The zero-order valence-corrected chi connectivity index (χ0v) is 13.5. The molecule has 0 aliphatic carbocycles. The predicted molar refractivity (Wildman–Crippen MR) is 85.1 cm³/mol. The molecule has 1 aromatic rings. The molecule has 0 bridgehead atoms. The largest absolute Gasteiger partial charge is 0.390 e. The van der Waals surface area contributed by atoms with Crippen LogP contribution >= 0.6 is 0 Å². The molecule has 1 aliphatic rings. The zero-order chi connectivity index (χ0) is 15.7. The van der Waals surface area contributed by atoms with E-state index in [2.05, 4.69) is 31.0 Å². The number of nitrogens with zero attached hydrogens (tertiary/aromatic N) is 1. The molecule has 1 aromatic carbocycles. The Bertz CT molecular complexity index is 484. The summed E-state index contributed by atoms with van der Waals surface area (Å²) < 4.78 is 13.6. The summed E-state index contributed by atoms with van der Waals surface area (Å²) in [4.78, 5) is 2.25. The van der Waals surface area contributed by atoms with Gasteiger partial charge in [0.25, 0.3) is 0 Å². The number of nitrogens with one attached hydrogen (secondary N) is 1. The van der Waals surface area contributed by atoms with Crippen LogP contribution in [0.2, 0.25) is 0 Å². The maximum absolute atomic E-state index is 13.6. The molecule has 0 amide bonds. The minimum absolute atomic E-state index is 0.00480. The summed E-state index contributed by atoms with van der Waals surface area (Å²) in [6, 6.07) is 4.98. The van der Waals surface area contributed by atoms with Crippen molar-refractivity contribution in [2.24, 2.45) is 0 Å². The fraction of sp³-hybridized carbons (Fsp3) is 0.647. The number of halogens is 1. The van der Waals surface area contributed by atoms with Crippen LogP contribution in [0, 0.1) is 5.82 Å². The highest BCUT2D eigenvalue weighted by atomic mass is 19.1. The van der Waals surface area contributed by atoms with Gasteiger partial charge in [-0.25, -0.2) is 4.39 Å². The lowest BCUT2D eigenvalue weighted by molar-refractivity contribution is 0.0351. The smallest absolute Gasteiger partial charge is 0.123 e. The standard InChI is InChI=1S/C17H27FN2O/c1-16(2,3)19-12-13-11-14(18)5-6-15(13)20-9-7-17(4,21)8-10-20/h5-6,11,19,21H,7-10,12H2,1-4H3. The molecule has 0 unspecified atom stereocenters. The van der Waals surface area contributed by atoms with Gasteiger partial charge in [0.15, 0.2) is 0 Å². The van der Waals surface area contributed by atoms with Gasteiger partial charge in [0.2, 0.25) is 0 Å². The van der Waals surface area contributed by atoms with E-state index >= 15 is 0 Å². The molecule has 0 radical (unpaired) electrons. The van der Waals surface area contributed by atoms with E-state index in [9.17, 15) is 9.50 Å². The number of hydrogen-bond acceptors (Lipinski definition) is 3. The summed E-state index contributed by atoms with van der Waals surface area (Å²) in [6.45, 7) is 10.4. The van der Waals surface area contributed by atoms with Crippen molar-refractivity contribution in [3.63, 3.8) is 0 Å². The first-order valence-corrected chi connectivity index (χ1v) is 7.67. The zero-order valence-electron chi connectivity index (χ0n) is 13.5. The van der Waals surface area contributed by atoms with Crippen LogP contribution in [0.15, 0.2) is 18.2 Å². The van der Waals surface area contributed by atoms with Crippen LogP contribution in [-0.2, 0) is 6.54 Å². The van der Waals surface area contributed by atoms with Gasteiger partial charge in [0, 0.05) is 30.9 Å². The van der Waals surface area contributed by atoms with E-state index in [4.69, 9.17) is 0 Å². The lowest BCUT2D eigenvalue weighted by atomic mass is 9.93. The van der Waals surface area contributed by atoms with E-state index in [0.29, 0.717) is 6.54 Å². The molecule has 0 spiro atoms. The van der Waals surface area contributed by atoms with E-state index in [-0.39, 0.29) is 11.4 Å². The highest BCUT2D eigenvalue weighted by Gasteiger charge is 2.28. The van der Waals surface area contributed by atoms with Gasteiger partial charge in [-0.1, -0.05) is 0 Å². The van der Waals surface area contributed by atoms with Crippen molar-refractivity contribution in [2.45, 2.75) is 58.2 Å². The van der Waals surface area contributed by atoms with Crippen LogP contribution in [0.25, 0.3) is 0 Å². The van der Waals surface area contributed by atoms with Gasteiger partial charge >= 0.3 is 0 Å². The van der Waals surface area contributed by atoms with Crippen LogP contribution in [0.4, 0.5) is 10.1 Å². The Hall–Kier alpha value is -1.13. The molecule has 1 fully saturated rings. The van der Waals surface area contributed by atoms with Crippen LogP contribution in [0.1, 0.15) is 46.1 Å². The Kier molecular flexibility index (Phi) is 4.59. The van der Waals surface area contributed by atoms with Crippen molar-refractivity contribution in [1.82, 2.24) is 5.32 Å². The monoisotopic (exact) mass is 294 g/mol. The van der Waals surface area contributed by atoms with Crippen LogP contribution in [-0.4, -0.2) is 29.3 Å². The Morgan fingerprint density at radius 2 is 1.90 bits per heavy atom.